The predicted octanol–water partition coefficient (Wildman–Crippen LogP) is 2.15. The molecule has 0 aromatic heterocycles. The number of nitrogens with one attached hydrogen (secondary N) is 2. The normalized spacial score (nSPS) is 10.2. The number of hydroxylamine groups is 1. The summed E-state index contributed by atoms with van der Waals surface area (Å²) in [5.41, 5.74) is 3.49. The maximum absolute atomic E-state index is 11.9. The summed E-state index contributed by atoms with van der Waals surface area (Å²) in [4.78, 5) is 24.7. The molecule has 24 heavy (non-hydrogen) atoms. The molecule has 0 heterocycles. The number of unbranched alkanes of at least 4 members (excludes halogenated alkanes) is 2. The molecule has 6 nitrogen and oxygen atoms in total. The number of carbonyl (C=O) groups excluding carboxylic acids is 2. The Bertz CT molecular complexity index is 564. The molecule has 0 bridgehead atoms. The topological polar surface area (TPSA) is 81.7 Å². The second kappa shape index (κ2) is 11.2. The first-order valence-corrected chi connectivity index (χ1v) is 7.99. The lowest BCUT2D eigenvalue weighted by Crippen LogP contribution is -2.18. The van der Waals surface area contributed by atoms with Crippen molar-refractivity contribution in [3.05, 3.63) is 29.8 Å². The maximum Gasteiger partial charge on any atom is 0.243 e. The summed E-state index contributed by atoms with van der Waals surface area (Å²) < 4.78 is 0. The Kier molecular flexibility index (Phi) is 9.20. The lowest BCUT2D eigenvalue weighted by Gasteiger charge is -2.13. The van der Waals surface area contributed by atoms with Crippen molar-refractivity contribution < 1.29 is 14.8 Å². The average molecular weight is 331 g/mol. The lowest BCUT2D eigenvalue weighted by atomic mass is 10.1. The fourth-order valence-corrected chi connectivity index (χ4v) is 2.24. The van der Waals surface area contributed by atoms with Crippen LogP contribution >= 0.6 is 0 Å². The van der Waals surface area contributed by atoms with E-state index in [4.69, 9.17) is 11.6 Å². The van der Waals surface area contributed by atoms with E-state index in [1.165, 1.54) is 0 Å². The first-order valence-electron chi connectivity index (χ1n) is 7.99. The van der Waals surface area contributed by atoms with Crippen molar-refractivity contribution in [2.24, 2.45) is 0 Å². The van der Waals surface area contributed by atoms with Gasteiger partial charge in [-0.3, -0.25) is 19.7 Å². The van der Waals surface area contributed by atoms with Crippen molar-refractivity contribution in [2.75, 3.05) is 18.9 Å². The standard InChI is InChI=1S/C18H25N3O3/c1-3-13-21(2)14-15-9-11-16(12-10-15)19-17(22)7-5-4-6-8-18(23)20-24/h1,9-12,24H,4-8,13-14H2,2H3,(H,19,22)(H,20,23). The van der Waals surface area contributed by atoms with Crippen LogP contribution in [0.25, 0.3) is 0 Å². The number of hydrogen-bond donors (Lipinski definition) is 3. The highest BCUT2D eigenvalue weighted by molar-refractivity contribution is 5.90. The number of benzene rings is 1. The van der Waals surface area contributed by atoms with Gasteiger partial charge in [-0.25, -0.2) is 5.48 Å². The zero-order valence-electron chi connectivity index (χ0n) is 14.0. The van der Waals surface area contributed by atoms with E-state index in [1.807, 2.05) is 36.2 Å². The van der Waals surface area contributed by atoms with Crippen LogP contribution < -0.4 is 10.8 Å². The molecule has 0 aliphatic carbocycles. The van der Waals surface area contributed by atoms with Crippen LogP contribution in [0.1, 0.15) is 37.7 Å². The Labute approximate surface area is 143 Å². The summed E-state index contributed by atoms with van der Waals surface area (Å²) in [5.74, 6) is 2.16. The van der Waals surface area contributed by atoms with Gasteiger partial charge in [-0.2, -0.15) is 0 Å². The highest BCUT2D eigenvalue weighted by atomic mass is 16.5. The van der Waals surface area contributed by atoms with E-state index < -0.39 is 5.91 Å². The Morgan fingerprint density at radius 3 is 2.33 bits per heavy atom. The molecule has 1 rings (SSSR count). The minimum Gasteiger partial charge on any atom is -0.326 e. The fraction of sp³-hybridized carbons (Fsp3) is 0.444. The van der Waals surface area contributed by atoms with E-state index in [0.29, 0.717) is 25.8 Å². The van der Waals surface area contributed by atoms with Crippen molar-refractivity contribution in [2.45, 2.75) is 38.6 Å². The molecular weight excluding hydrogens is 306 g/mol. The second-order valence-electron chi connectivity index (χ2n) is 5.72. The van der Waals surface area contributed by atoms with E-state index in [0.717, 1.165) is 24.2 Å². The zero-order valence-corrected chi connectivity index (χ0v) is 14.0. The number of nitrogens with zero attached hydrogens (tertiary/aromatic N) is 1. The minimum atomic E-state index is -0.396. The van der Waals surface area contributed by atoms with E-state index >= 15 is 0 Å². The molecule has 0 aliphatic heterocycles. The Morgan fingerprint density at radius 1 is 1.12 bits per heavy atom. The summed E-state index contributed by atoms with van der Waals surface area (Å²) in [6.07, 6.45) is 8.08. The Hall–Kier alpha value is -2.36. The molecular formula is C18H25N3O3. The van der Waals surface area contributed by atoms with Crippen LogP contribution in [0.2, 0.25) is 0 Å². The highest BCUT2D eigenvalue weighted by Gasteiger charge is 2.04. The van der Waals surface area contributed by atoms with Crippen LogP contribution in [0.3, 0.4) is 0 Å². The molecule has 0 saturated carbocycles. The Balaban J connectivity index is 2.27. The molecule has 3 N–H and O–H groups in total. The molecule has 0 saturated heterocycles. The van der Waals surface area contributed by atoms with Gasteiger partial charge in [-0.15, -0.1) is 6.42 Å². The van der Waals surface area contributed by atoms with Crippen molar-refractivity contribution in [3.8, 4) is 12.3 Å². The molecule has 2 amide bonds. The van der Waals surface area contributed by atoms with Gasteiger partial charge in [0.1, 0.15) is 0 Å². The van der Waals surface area contributed by atoms with Crippen LogP contribution in [0.15, 0.2) is 24.3 Å². The zero-order chi connectivity index (χ0) is 17.8. The molecule has 0 spiro atoms. The SMILES string of the molecule is C#CCN(C)Cc1ccc(NC(=O)CCCCCC(=O)NO)cc1. The van der Waals surface area contributed by atoms with Gasteiger partial charge in [0.15, 0.2) is 0 Å². The molecule has 0 atom stereocenters. The molecule has 1 aromatic rings. The monoisotopic (exact) mass is 331 g/mol. The summed E-state index contributed by atoms with van der Waals surface area (Å²) in [5, 5.41) is 11.2. The van der Waals surface area contributed by atoms with Gasteiger partial charge in [0.25, 0.3) is 0 Å². The predicted molar refractivity (Wildman–Crippen MR) is 93.3 cm³/mol. The van der Waals surface area contributed by atoms with Crippen LogP contribution in [0.5, 0.6) is 0 Å². The number of terminal acetylenes is 1. The van der Waals surface area contributed by atoms with Crippen molar-refractivity contribution >= 4 is 17.5 Å². The van der Waals surface area contributed by atoms with Gasteiger partial charge in [0.05, 0.1) is 6.54 Å². The molecule has 0 fully saturated rings. The van der Waals surface area contributed by atoms with E-state index in [1.54, 1.807) is 5.48 Å². The average Bonchev–Trinajstić information content (AvgIpc) is 2.56. The minimum absolute atomic E-state index is 0.0428. The van der Waals surface area contributed by atoms with Crippen molar-refractivity contribution in [1.29, 1.82) is 0 Å². The van der Waals surface area contributed by atoms with Gasteiger partial charge in [-0.05, 0) is 37.6 Å². The molecule has 130 valence electrons. The molecule has 1 aromatic carbocycles. The highest BCUT2D eigenvalue weighted by Crippen LogP contribution is 2.12. The van der Waals surface area contributed by atoms with Gasteiger partial charge < -0.3 is 5.32 Å². The lowest BCUT2D eigenvalue weighted by molar-refractivity contribution is -0.129. The summed E-state index contributed by atoms with van der Waals surface area (Å²) in [7, 11) is 1.96. The number of anilines is 1. The smallest absolute Gasteiger partial charge is 0.243 e. The first-order chi connectivity index (χ1) is 11.5. The number of rotatable bonds is 10. The van der Waals surface area contributed by atoms with Gasteiger partial charge >= 0.3 is 0 Å². The summed E-state index contributed by atoms with van der Waals surface area (Å²) in [6, 6.07) is 7.69. The molecule has 6 heteroatoms. The van der Waals surface area contributed by atoms with E-state index in [9.17, 15) is 9.59 Å². The van der Waals surface area contributed by atoms with Crippen molar-refractivity contribution in [1.82, 2.24) is 10.4 Å². The number of hydrogen-bond acceptors (Lipinski definition) is 4. The number of amides is 2. The van der Waals surface area contributed by atoms with Crippen LogP contribution in [-0.4, -0.2) is 35.5 Å². The third-order valence-corrected chi connectivity index (χ3v) is 3.48. The third-order valence-electron chi connectivity index (χ3n) is 3.48. The van der Waals surface area contributed by atoms with Gasteiger partial charge in [0, 0.05) is 25.1 Å². The third kappa shape index (κ3) is 8.32. The van der Waals surface area contributed by atoms with Gasteiger partial charge in [-0.1, -0.05) is 24.5 Å². The Morgan fingerprint density at radius 2 is 1.75 bits per heavy atom. The van der Waals surface area contributed by atoms with Crippen molar-refractivity contribution in [3.63, 3.8) is 0 Å². The van der Waals surface area contributed by atoms with Crippen LogP contribution in [0.4, 0.5) is 5.69 Å². The van der Waals surface area contributed by atoms with Crippen LogP contribution in [-0.2, 0) is 16.1 Å². The largest absolute Gasteiger partial charge is 0.326 e. The maximum atomic E-state index is 11.9. The second-order valence-corrected chi connectivity index (χ2v) is 5.72. The van der Waals surface area contributed by atoms with Gasteiger partial charge in [0.2, 0.25) is 11.8 Å². The van der Waals surface area contributed by atoms with E-state index in [2.05, 4.69) is 11.2 Å². The summed E-state index contributed by atoms with van der Waals surface area (Å²) in [6.45, 7) is 1.36. The molecule has 0 unspecified atom stereocenters. The summed E-state index contributed by atoms with van der Waals surface area (Å²) >= 11 is 0. The molecule has 0 aliphatic rings. The van der Waals surface area contributed by atoms with Crippen LogP contribution in [0, 0.1) is 12.3 Å². The fourth-order valence-electron chi connectivity index (χ4n) is 2.24. The molecule has 0 radical (unpaired) electrons. The first kappa shape index (κ1) is 19.7. The van der Waals surface area contributed by atoms with E-state index in [-0.39, 0.29) is 12.3 Å². The quantitative estimate of drug-likeness (QED) is 0.265. The number of carbonyl (C=O) groups is 2.